The molecule has 2 aliphatic rings. The Morgan fingerprint density at radius 3 is 2.95 bits per heavy atom. The predicted octanol–water partition coefficient (Wildman–Crippen LogP) is 0.197. The summed E-state index contributed by atoms with van der Waals surface area (Å²) in [6.45, 7) is 1.79. The zero-order valence-corrected chi connectivity index (χ0v) is 10.8. The second-order valence-electron chi connectivity index (χ2n) is 4.32. The molecule has 0 aromatic carbocycles. The predicted molar refractivity (Wildman–Crippen MR) is 66.9 cm³/mol. The fourth-order valence-corrected chi connectivity index (χ4v) is 3.19. The highest BCUT2D eigenvalue weighted by molar-refractivity contribution is 8.05. The molecule has 9 heteroatoms. The van der Waals surface area contributed by atoms with Gasteiger partial charge in [0.1, 0.15) is 12.2 Å². The minimum atomic E-state index is -0.897. The quantitative estimate of drug-likeness (QED) is 0.743. The summed E-state index contributed by atoms with van der Waals surface area (Å²) in [6.07, 6.45) is -0.972. The Balaban J connectivity index is 2.01. The molecule has 0 radical (unpaired) electrons. The minimum absolute atomic E-state index is 0.290. The van der Waals surface area contributed by atoms with Gasteiger partial charge in [-0.3, -0.25) is 12.9 Å². The molecule has 0 saturated carbocycles. The van der Waals surface area contributed by atoms with Gasteiger partial charge in [0.15, 0.2) is 17.9 Å². The molecular weight excluding hydrogens is 277 g/mol. The van der Waals surface area contributed by atoms with Gasteiger partial charge in [-0.15, -0.1) is 0 Å². The third kappa shape index (κ3) is 1.98. The maximum absolute atomic E-state index is 13.4. The average molecular weight is 289 g/mol. The van der Waals surface area contributed by atoms with Crippen molar-refractivity contribution in [3.8, 4) is 0 Å². The molecule has 0 spiro atoms. The van der Waals surface area contributed by atoms with Crippen molar-refractivity contribution in [2.75, 3.05) is 5.73 Å². The molecule has 5 atom stereocenters. The molecule has 3 rings (SSSR count). The van der Waals surface area contributed by atoms with E-state index in [9.17, 15) is 9.18 Å². The number of fused-ring (bicyclic) bond motifs is 1. The lowest BCUT2D eigenvalue weighted by atomic mass is 10.1. The topological polar surface area (TPSA) is 88.6 Å². The van der Waals surface area contributed by atoms with Gasteiger partial charge in [0, 0.05) is 0 Å². The maximum Gasteiger partial charge on any atom is 0.351 e. The van der Waals surface area contributed by atoms with Crippen molar-refractivity contribution in [2.45, 2.75) is 31.5 Å². The van der Waals surface area contributed by atoms with E-state index in [0.717, 1.165) is 10.8 Å². The Bertz CT molecular complexity index is 607. The summed E-state index contributed by atoms with van der Waals surface area (Å²) in [4.78, 5) is 15.2. The molecule has 0 bridgehead atoms. The average Bonchev–Trinajstić information content (AvgIpc) is 2.84. The molecular formula is C10H12FN3O4S. The Labute approximate surface area is 110 Å². The van der Waals surface area contributed by atoms with E-state index in [1.807, 2.05) is 0 Å². The SMILES string of the molecule is C=S1O[C@@H]2[C@H](O1)[C@@H](C)O[C@H]2n1cc(F)c(N)nc1=O. The van der Waals surface area contributed by atoms with Gasteiger partial charge >= 0.3 is 5.69 Å². The van der Waals surface area contributed by atoms with Crippen LogP contribution in [0.15, 0.2) is 11.0 Å². The molecule has 0 amide bonds. The Morgan fingerprint density at radius 2 is 2.21 bits per heavy atom. The molecule has 7 nitrogen and oxygen atoms in total. The highest BCUT2D eigenvalue weighted by Gasteiger charge is 2.50. The van der Waals surface area contributed by atoms with Crippen LogP contribution in [-0.2, 0) is 13.1 Å². The molecule has 0 aliphatic carbocycles. The molecule has 104 valence electrons. The van der Waals surface area contributed by atoms with Crippen molar-refractivity contribution >= 4 is 22.7 Å². The van der Waals surface area contributed by atoms with Crippen LogP contribution in [0.5, 0.6) is 0 Å². The second kappa shape index (κ2) is 4.37. The maximum atomic E-state index is 13.4. The molecule has 19 heavy (non-hydrogen) atoms. The molecule has 2 fully saturated rings. The van der Waals surface area contributed by atoms with Crippen LogP contribution in [-0.4, -0.2) is 33.7 Å². The first-order valence-electron chi connectivity index (χ1n) is 5.55. The van der Waals surface area contributed by atoms with E-state index in [1.165, 1.54) is 0 Å². The Hall–Kier alpha value is -1.29. The Morgan fingerprint density at radius 1 is 1.53 bits per heavy atom. The zero-order chi connectivity index (χ0) is 13.7. The summed E-state index contributed by atoms with van der Waals surface area (Å²) < 4.78 is 31.0. The van der Waals surface area contributed by atoms with Crippen LogP contribution in [0.1, 0.15) is 13.2 Å². The lowest BCUT2D eigenvalue weighted by Gasteiger charge is -2.18. The molecule has 1 aromatic rings. The van der Waals surface area contributed by atoms with Gasteiger partial charge in [-0.05, 0) is 12.8 Å². The first-order chi connectivity index (χ1) is 8.97. The molecule has 1 aromatic heterocycles. The zero-order valence-electron chi connectivity index (χ0n) is 9.98. The first-order valence-corrected chi connectivity index (χ1v) is 6.79. The van der Waals surface area contributed by atoms with Crippen LogP contribution < -0.4 is 11.4 Å². The van der Waals surface area contributed by atoms with E-state index in [4.69, 9.17) is 18.8 Å². The van der Waals surface area contributed by atoms with Crippen molar-refractivity contribution in [1.29, 1.82) is 0 Å². The van der Waals surface area contributed by atoms with Gasteiger partial charge in [-0.1, -0.05) is 0 Å². The summed E-state index contributed by atoms with van der Waals surface area (Å²) in [7, 11) is 0. The van der Waals surface area contributed by atoms with Crippen molar-refractivity contribution in [1.82, 2.24) is 9.55 Å². The van der Waals surface area contributed by atoms with Crippen LogP contribution >= 0.6 is 11.0 Å². The number of aromatic nitrogens is 2. The van der Waals surface area contributed by atoms with E-state index in [0.29, 0.717) is 0 Å². The summed E-state index contributed by atoms with van der Waals surface area (Å²) in [5.41, 5.74) is 4.54. The van der Waals surface area contributed by atoms with Gasteiger partial charge in [-0.25, -0.2) is 9.18 Å². The molecule has 1 unspecified atom stereocenters. The summed E-state index contributed by atoms with van der Waals surface area (Å²) in [5, 5.41) is 0. The van der Waals surface area contributed by atoms with Crippen LogP contribution in [0.4, 0.5) is 10.2 Å². The van der Waals surface area contributed by atoms with E-state index < -0.39 is 40.7 Å². The Kier molecular flexibility index (Phi) is 2.93. The number of anilines is 1. The number of halogens is 1. The number of nitrogens with zero attached hydrogens (tertiary/aromatic N) is 2. The summed E-state index contributed by atoms with van der Waals surface area (Å²) >= 11 is -0.897. The van der Waals surface area contributed by atoms with Gasteiger partial charge in [0.2, 0.25) is 0 Å². The third-order valence-electron chi connectivity index (χ3n) is 3.07. The fourth-order valence-electron chi connectivity index (χ4n) is 2.17. The summed E-state index contributed by atoms with van der Waals surface area (Å²) in [6, 6.07) is 0. The standard InChI is InChI=1S/C10H12FN3O4S/c1-4-6-7(18-19(2)17-6)9(16-4)14-3-5(11)8(12)13-10(14)15/h3-4,6-7,9H,2H2,1H3,(H2,12,13,15)/t4-,6-,7-,9-,19?/m1/s1. The highest BCUT2D eigenvalue weighted by Crippen LogP contribution is 2.44. The van der Waals surface area contributed by atoms with Crippen molar-refractivity contribution in [3.05, 3.63) is 22.5 Å². The van der Waals surface area contributed by atoms with Gasteiger partial charge < -0.3 is 10.5 Å². The number of ether oxygens (including phenoxy) is 1. The minimum Gasteiger partial charge on any atom is -0.381 e. The third-order valence-corrected chi connectivity index (χ3v) is 3.94. The van der Waals surface area contributed by atoms with Crippen LogP contribution in [0.3, 0.4) is 0 Å². The van der Waals surface area contributed by atoms with E-state index >= 15 is 0 Å². The van der Waals surface area contributed by atoms with Crippen molar-refractivity contribution in [2.24, 2.45) is 0 Å². The van der Waals surface area contributed by atoms with Crippen LogP contribution in [0, 0.1) is 5.82 Å². The molecule has 2 N–H and O–H groups in total. The van der Waals surface area contributed by atoms with E-state index in [1.54, 1.807) is 6.92 Å². The van der Waals surface area contributed by atoms with Crippen LogP contribution in [0.2, 0.25) is 0 Å². The number of rotatable bonds is 1. The number of nitrogen functional groups attached to an aromatic ring is 1. The summed E-state index contributed by atoms with van der Waals surface area (Å²) in [5.74, 6) is 2.44. The van der Waals surface area contributed by atoms with Gasteiger partial charge in [0.25, 0.3) is 0 Å². The van der Waals surface area contributed by atoms with Gasteiger partial charge in [-0.2, -0.15) is 4.98 Å². The monoisotopic (exact) mass is 289 g/mol. The molecule has 2 aliphatic heterocycles. The van der Waals surface area contributed by atoms with Crippen molar-refractivity contribution in [3.63, 3.8) is 0 Å². The molecule has 3 heterocycles. The smallest absolute Gasteiger partial charge is 0.351 e. The van der Waals surface area contributed by atoms with Crippen molar-refractivity contribution < 1.29 is 17.5 Å². The lowest BCUT2D eigenvalue weighted by Crippen LogP contribution is -2.34. The highest BCUT2D eigenvalue weighted by atomic mass is 32.2. The normalized spacial score (nSPS) is 37.5. The number of hydrogen-bond acceptors (Lipinski definition) is 6. The number of hydrogen-bond donors (Lipinski definition) is 1. The fraction of sp³-hybridized carbons (Fsp3) is 0.500. The molecule has 2 saturated heterocycles. The first kappa shape index (κ1) is 12.7. The lowest BCUT2D eigenvalue weighted by molar-refractivity contribution is -0.0292. The number of nitrogens with two attached hydrogens (primary N) is 1. The van der Waals surface area contributed by atoms with E-state index in [-0.39, 0.29) is 12.2 Å². The second-order valence-corrected chi connectivity index (χ2v) is 5.31. The van der Waals surface area contributed by atoms with Gasteiger partial charge in [0.05, 0.1) is 23.3 Å². The largest absolute Gasteiger partial charge is 0.381 e. The van der Waals surface area contributed by atoms with Crippen LogP contribution in [0.25, 0.3) is 0 Å². The van der Waals surface area contributed by atoms with E-state index in [2.05, 4.69) is 10.9 Å².